The van der Waals surface area contributed by atoms with Gasteiger partial charge in [-0.15, -0.1) is 10.2 Å². The highest BCUT2D eigenvalue weighted by Gasteiger charge is 2.31. The second-order valence-corrected chi connectivity index (χ2v) is 9.14. The number of piperidine rings is 1. The molecule has 31 heavy (non-hydrogen) atoms. The lowest BCUT2D eigenvalue weighted by atomic mass is 10.2. The van der Waals surface area contributed by atoms with E-state index in [0.717, 1.165) is 13.0 Å². The SMILES string of the molecule is COc1cccc(OC)c1-n1c(NS(=O)(=O)[C@H]2CCCNC2)nnc1-c1ccn(C)n1. The summed E-state index contributed by atoms with van der Waals surface area (Å²) in [7, 11) is 1.13. The van der Waals surface area contributed by atoms with Crippen molar-refractivity contribution in [1.82, 2.24) is 29.9 Å². The highest BCUT2D eigenvalue weighted by Crippen LogP contribution is 2.37. The van der Waals surface area contributed by atoms with Crippen molar-refractivity contribution in [3.8, 4) is 28.7 Å². The Bertz CT molecular complexity index is 1140. The Hall–Kier alpha value is -3.12. The molecule has 12 heteroatoms. The maximum atomic E-state index is 13.1. The van der Waals surface area contributed by atoms with Crippen LogP contribution in [0.5, 0.6) is 11.5 Å². The number of sulfonamides is 1. The summed E-state index contributed by atoms with van der Waals surface area (Å²) in [5.41, 5.74) is 0.991. The van der Waals surface area contributed by atoms with Crippen LogP contribution in [0, 0.1) is 0 Å². The third kappa shape index (κ3) is 4.08. The van der Waals surface area contributed by atoms with Gasteiger partial charge in [-0.05, 0) is 37.6 Å². The molecule has 4 rings (SSSR count). The summed E-state index contributed by atoms with van der Waals surface area (Å²) >= 11 is 0. The number of ether oxygens (including phenoxy) is 2. The van der Waals surface area contributed by atoms with Crippen molar-refractivity contribution >= 4 is 16.0 Å². The Labute approximate surface area is 180 Å². The van der Waals surface area contributed by atoms with E-state index in [1.165, 1.54) is 14.2 Å². The van der Waals surface area contributed by atoms with Gasteiger partial charge in [0.1, 0.15) is 22.9 Å². The van der Waals surface area contributed by atoms with Crippen molar-refractivity contribution in [3.05, 3.63) is 30.5 Å². The van der Waals surface area contributed by atoms with Gasteiger partial charge in [0.25, 0.3) is 0 Å². The van der Waals surface area contributed by atoms with Crippen LogP contribution in [0.4, 0.5) is 5.95 Å². The molecule has 0 radical (unpaired) electrons. The fourth-order valence-corrected chi connectivity index (χ4v) is 4.98. The predicted molar refractivity (Wildman–Crippen MR) is 115 cm³/mol. The third-order valence-electron chi connectivity index (χ3n) is 5.16. The highest BCUT2D eigenvalue weighted by molar-refractivity contribution is 7.93. The van der Waals surface area contributed by atoms with Gasteiger partial charge in [-0.25, -0.2) is 8.42 Å². The van der Waals surface area contributed by atoms with Crippen molar-refractivity contribution in [2.75, 3.05) is 32.0 Å². The standard InChI is InChI=1S/C19H25N7O4S/c1-25-11-9-14(23-25)18-21-22-19(24-31(27,28)13-6-5-10-20-12-13)26(18)17-15(29-2)7-4-8-16(17)30-3/h4,7-9,11,13,20H,5-6,10,12H2,1-3H3,(H,22,24)/t13-/m0/s1. The number of nitrogens with zero attached hydrogens (tertiary/aromatic N) is 5. The van der Waals surface area contributed by atoms with Crippen LogP contribution in [-0.4, -0.2) is 65.5 Å². The zero-order valence-electron chi connectivity index (χ0n) is 17.6. The van der Waals surface area contributed by atoms with E-state index < -0.39 is 15.3 Å². The first-order valence-electron chi connectivity index (χ1n) is 9.83. The fraction of sp³-hybridized carbons (Fsp3) is 0.421. The molecule has 0 saturated carbocycles. The van der Waals surface area contributed by atoms with E-state index in [0.29, 0.717) is 41.7 Å². The maximum absolute atomic E-state index is 13.1. The molecule has 0 spiro atoms. The second kappa shape index (κ2) is 8.55. The molecule has 0 unspecified atom stereocenters. The molecule has 1 saturated heterocycles. The lowest BCUT2D eigenvalue weighted by molar-refractivity contribution is 0.391. The third-order valence-corrected chi connectivity index (χ3v) is 6.90. The van der Waals surface area contributed by atoms with E-state index in [1.807, 2.05) is 0 Å². The number of methoxy groups -OCH3 is 2. The summed E-state index contributed by atoms with van der Waals surface area (Å²) in [6.45, 7) is 1.19. The van der Waals surface area contributed by atoms with Crippen LogP contribution in [0.1, 0.15) is 12.8 Å². The molecule has 1 atom stereocenters. The van der Waals surface area contributed by atoms with Crippen molar-refractivity contribution < 1.29 is 17.9 Å². The molecule has 1 aliphatic heterocycles. The van der Waals surface area contributed by atoms with Crippen LogP contribution >= 0.6 is 0 Å². The van der Waals surface area contributed by atoms with E-state index >= 15 is 0 Å². The van der Waals surface area contributed by atoms with Crippen LogP contribution in [0.25, 0.3) is 17.2 Å². The van der Waals surface area contributed by atoms with Gasteiger partial charge in [0, 0.05) is 19.8 Å². The van der Waals surface area contributed by atoms with Crippen LogP contribution < -0.4 is 19.5 Å². The van der Waals surface area contributed by atoms with Gasteiger partial charge < -0.3 is 14.8 Å². The molecule has 2 aromatic heterocycles. The Morgan fingerprint density at radius 1 is 1.16 bits per heavy atom. The quantitative estimate of drug-likeness (QED) is 0.553. The summed E-state index contributed by atoms with van der Waals surface area (Å²) in [5, 5.41) is 15.4. The van der Waals surface area contributed by atoms with Gasteiger partial charge >= 0.3 is 0 Å². The number of anilines is 1. The molecule has 1 aliphatic rings. The molecule has 0 aliphatic carbocycles. The van der Waals surface area contributed by atoms with E-state index in [2.05, 4.69) is 25.3 Å². The first-order chi connectivity index (χ1) is 14.9. The number of aromatic nitrogens is 5. The van der Waals surface area contributed by atoms with Crippen molar-refractivity contribution in [1.29, 1.82) is 0 Å². The molecule has 0 amide bonds. The average Bonchev–Trinajstić information content (AvgIpc) is 3.39. The molecule has 3 aromatic rings. The fourth-order valence-electron chi connectivity index (χ4n) is 3.61. The average molecular weight is 448 g/mol. The number of rotatable bonds is 7. The molecule has 11 nitrogen and oxygen atoms in total. The lowest BCUT2D eigenvalue weighted by Crippen LogP contribution is -2.41. The maximum Gasteiger partial charge on any atom is 0.243 e. The van der Waals surface area contributed by atoms with Crippen molar-refractivity contribution in [2.45, 2.75) is 18.1 Å². The van der Waals surface area contributed by atoms with Gasteiger partial charge in [0.2, 0.25) is 16.0 Å². The molecule has 166 valence electrons. The Morgan fingerprint density at radius 3 is 2.48 bits per heavy atom. The predicted octanol–water partition coefficient (Wildman–Crippen LogP) is 1.18. The normalized spacial score (nSPS) is 16.8. The minimum absolute atomic E-state index is 0.0361. The molecular formula is C19H25N7O4S. The molecule has 3 heterocycles. The van der Waals surface area contributed by atoms with Gasteiger partial charge in [-0.1, -0.05) is 6.07 Å². The Morgan fingerprint density at radius 2 is 1.90 bits per heavy atom. The summed E-state index contributed by atoms with van der Waals surface area (Å²) in [6.07, 6.45) is 3.13. The molecule has 0 bridgehead atoms. The first kappa shape index (κ1) is 21.1. The molecule has 1 aromatic carbocycles. The summed E-state index contributed by atoms with van der Waals surface area (Å²) in [5.74, 6) is 1.32. The van der Waals surface area contributed by atoms with Crippen LogP contribution in [-0.2, 0) is 17.1 Å². The molecule has 2 N–H and O–H groups in total. The Balaban J connectivity index is 1.87. The minimum Gasteiger partial charge on any atom is -0.494 e. The number of hydrogen-bond donors (Lipinski definition) is 2. The number of aryl methyl sites for hydroxylation is 1. The topological polar surface area (TPSA) is 125 Å². The lowest BCUT2D eigenvalue weighted by Gasteiger charge is -2.23. The van der Waals surface area contributed by atoms with Crippen molar-refractivity contribution in [3.63, 3.8) is 0 Å². The molecule has 1 fully saturated rings. The van der Waals surface area contributed by atoms with Crippen LogP contribution in [0.2, 0.25) is 0 Å². The number of benzene rings is 1. The monoisotopic (exact) mass is 447 g/mol. The van der Waals surface area contributed by atoms with Crippen LogP contribution in [0.15, 0.2) is 30.5 Å². The van der Waals surface area contributed by atoms with E-state index in [1.54, 1.807) is 46.8 Å². The van der Waals surface area contributed by atoms with E-state index in [4.69, 9.17) is 9.47 Å². The number of nitrogens with one attached hydrogen (secondary N) is 2. The number of para-hydroxylation sites is 1. The van der Waals surface area contributed by atoms with E-state index in [9.17, 15) is 8.42 Å². The van der Waals surface area contributed by atoms with Crippen molar-refractivity contribution in [2.24, 2.45) is 7.05 Å². The van der Waals surface area contributed by atoms with Gasteiger partial charge in [0.05, 0.1) is 19.5 Å². The highest BCUT2D eigenvalue weighted by atomic mass is 32.2. The summed E-state index contributed by atoms with van der Waals surface area (Å²) in [4.78, 5) is 0. The zero-order chi connectivity index (χ0) is 22.0. The van der Waals surface area contributed by atoms with Crippen LogP contribution in [0.3, 0.4) is 0 Å². The first-order valence-corrected chi connectivity index (χ1v) is 11.4. The summed E-state index contributed by atoms with van der Waals surface area (Å²) in [6, 6.07) is 7.06. The largest absolute Gasteiger partial charge is 0.494 e. The summed E-state index contributed by atoms with van der Waals surface area (Å²) < 4.78 is 43.1. The molecular weight excluding hydrogens is 422 g/mol. The van der Waals surface area contributed by atoms with Gasteiger partial charge in [-0.2, -0.15) is 5.10 Å². The van der Waals surface area contributed by atoms with Gasteiger partial charge in [-0.3, -0.25) is 14.0 Å². The zero-order valence-corrected chi connectivity index (χ0v) is 18.4. The number of hydrogen-bond acceptors (Lipinski definition) is 8. The Kier molecular flexibility index (Phi) is 5.83. The smallest absolute Gasteiger partial charge is 0.243 e. The minimum atomic E-state index is -3.71. The van der Waals surface area contributed by atoms with Gasteiger partial charge in [0.15, 0.2) is 5.82 Å². The van der Waals surface area contributed by atoms with E-state index in [-0.39, 0.29) is 5.95 Å². The second-order valence-electron chi connectivity index (χ2n) is 7.18.